The van der Waals surface area contributed by atoms with E-state index in [1.165, 1.54) is 0 Å². The molecule has 0 saturated carbocycles. The van der Waals surface area contributed by atoms with Crippen LogP contribution < -0.4 is 4.74 Å². The minimum Gasteiger partial charge on any atom is -0.496 e. The topological polar surface area (TPSA) is 73.4 Å². The van der Waals surface area contributed by atoms with Crippen molar-refractivity contribution in [2.45, 2.75) is 51.6 Å². The number of likely N-dealkylation sites (tertiary alicyclic amines) is 1. The van der Waals surface area contributed by atoms with E-state index >= 15 is 0 Å². The summed E-state index contributed by atoms with van der Waals surface area (Å²) in [6.45, 7) is 3.07. The first-order valence-corrected chi connectivity index (χ1v) is 10.6. The molecule has 1 aromatic carbocycles. The van der Waals surface area contributed by atoms with Crippen molar-refractivity contribution in [1.29, 1.82) is 0 Å². The number of imidazole rings is 1. The van der Waals surface area contributed by atoms with Crippen molar-refractivity contribution < 1.29 is 13.9 Å². The van der Waals surface area contributed by atoms with E-state index in [1.807, 2.05) is 46.9 Å². The van der Waals surface area contributed by atoms with E-state index in [1.54, 1.807) is 19.5 Å². The molecule has 2 aromatic heterocycles. The Morgan fingerprint density at radius 2 is 2.13 bits per heavy atom. The number of carbonyl (C=O) groups excluding carboxylic acids is 1. The third kappa shape index (κ3) is 4.25. The molecule has 0 radical (unpaired) electrons. The largest absolute Gasteiger partial charge is 0.496 e. The number of carbonyl (C=O) groups is 1. The van der Waals surface area contributed by atoms with Gasteiger partial charge in [-0.1, -0.05) is 25.1 Å². The summed E-state index contributed by atoms with van der Waals surface area (Å²) in [7, 11) is 1.67. The van der Waals surface area contributed by atoms with Crippen LogP contribution in [-0.4, -0.2) is 39.0 Å². The molecule has 0 N–H and O–H groups in total. The van der Waals surface area contributed by atoms with Gasteiger partial charge < -0.3 is 18.6 Å². The van der Waals surface area contributed by atoms with Gasteiger partial charge in [0.2, 0.25) is 11.8 Å². The lowest BCUT2D eigenvalue weighted by Gasteiger charge is -2.34. The van der Waals surface area contributed by atoms with Crippen molar-refractivity contribution in [2.75, 3.05) is 13.7 Å². The molecule has 1 fully saturated rings. The SMILES string of the molecule is CCc1nccn1CC(=O)N1CCCC[C@@H]1c1ncc(Cc2ccccc2OC)o1. The number of nitrogens with zero attached hydrogens (tertiary/aromatic N) is 4. The summed E-state index contributed by atoms with van der Waals surface area (Å²) in [5.41, 5.74) is 1.05. The Morgan fingerprint density at radius 3 is 2.97 bits per heavy atom. The van der Waals surface area contributed by atoms with E-state index in [0.29, 0.717) is 18.9 Å². The predicted octanol–water partition coefficient (Wildman–Crippen LogP) is 3.79. The van der Waals surface area contributed by atoms with Gasteiger partial charge in [0.1, 0.15) is 29.9 Å². The summed E-state index contributed by atoms with van der Waals surface area (Å²) in [5.74, 6) is 3.23. The Balaban J connectivity index is 1.50. The number of rotatable bonds is 7. The zero-order valence-corrected chi connectivity index (χ0v) is 17.6. The molecule has 4 rings (SSSR count). The van der Waals surface area contributed by atoms with Gasteiger partial charge in [-0.05, 0) is 25.3 Å². The van der Waals surface area contributed by atoms with Gasteiger partial charge in [-0.3, -0.25) is 4.79 Å². The van der Waals surface area contributed by atoms with Gasteiger partial charge in [0.05, 0.1) is 13.3 Å². The van der Waals surface area contributed by atoms with Crippen molar-refractivity contribution in [3.05, 3.63) is 65.9 Å². The van der Waals surface area contributed by atoms with E-state index in [-0.39, 0.29) is 11.9 Å². The Bertz CT molecular complexity index is 994. The normalized spacial score (nSPS) is 16.6. The number of hydrogen-bond acceptors (Lipinski definition) is 5. The molecule has 0 bridgehead atoms. The molecule has 7 nitrogen and oxygen atoms in total. The Hall–Kier alpha value is -3.09. The van der Waals surface area contributed by atoms with Gasteiger partial charge >= 0.3 is 0 Å². The number of aromatic nitrogens is 3. The molecule has 1 saturated heterocycles. The molecule has 1 aliphatic heterocycles. The zero-order chi connectivity index (χ0) is 20.9. The van der Waals surface area contributed by atoms with Gasteiger partial charge in [-0.25, -0.2) is 9.97 Å². The molecule has 0 unspecified atom stereocenters. The van der Waals surface area contributed by atoms with Gasteiger partial charge in [0.25, 0.3) is 0 Å². The maximum absolute atomic E-state index is 13.1. The second-order valence-corrected chi connectivity index (χ2v) is 7.58. The van der Waals surface area contributed by atoms with Crippen molar-refractivity contribution >= 4 is 5.91 Å². The summed E-state index contributed by atoms with van der Waals surface area (Å²) in [6, 6.07) is 7.77. The van der Waals surface area contributed by atoms with Crippen LogP contribution in [0.15, 0.2) is 47.3 Å². The fraction of sp³-hybridized carbons (Fsp3) is 0.435. The van der Waals surface area contributed by atoms with Crippen LogP contribution in [0.5, 0.6) is 5.75 Å². The fourth-order valence-corrected chi connectivity index (χ4v) is 4.12. The number of piperidine rings is 1. The number of para-hydroxylation sites is 1. The molecule has 0 spiro atoms. The van der Waals surface area contributed by atoms with Crippen LogP contribution in [-0.2, 0) is 24.2 Å². The molecule has 1 amide bonds. The van der Waals surface area contributed by atoms with E-state index in [2.05, 4.69) is 9.97 Å². The second kappa shape index (κ2) is 9.15. The fourth-order valence-electron chi connectivity index (χ4n) is 4.12. The quantitative estimate of drug-likeness (QED) is 0.595. The van der Waals surface area contributed by atoms with E-state index in [4.69, 9.17) is 9.15 Å². The number of oxazole rings is 1. The van der Waals surface area contributed by atoms with Gasteiger partial charge in [0, 0.05) is 37.3 Å². The van der Waals surface area contributed by atoms with Crippen molar-refractivity contribution in [3.8, 4) is 5.75 Å². The molecule has 158 valence electrons. The number of methoxy groups -OCH3 is 1. The Labute approximate surface area is 176 Å². The van der Waals surface area contributed by atoms with Crippen LogP contribution >= 0.6 is 0 Å². The number of amides is 1. The first kappa shape index (κ1) is 20.2. The second-order valence-electron chi connectivity index (χ2n) is 7.58. The summed E-state index contributed by atoms with van der Waals surface area (Å²) in [5, 5.41) is 0. The van der Waals surface area contributed by atoms with Gasteiger partial charge in [0.15, 0.2) is 0 Å². The summed E-state index contributed by atoms with van der Waals surface area (Å²) in [6.07, 6.45) is 9.72. The maximum Gasteiger partial charge on any atom is 0.243 e. The summed E-state index contributed by atoms with van der Waals surface area (Å²) in [4.78, 5) is 23.9. The van der Waals surface area contributed by atoms with Crippen molar-refractivity contribution in [3.63, 3.8) is 0 Å². The molecule has 1 atom stereocenters. The van der Waals surface area contributed by atoms with Gasteiger partial charge in [-0.15, -0.1) is 0 Å². The molecular weight excluding hydrogens is 380 g/mol. The Morgan fingerprint density at radius 1 is 1.27 bits per heavy atom. The van der Waals surface area contributed by atoms with Crippen LogP contribution in [0.2, 0.25) is 0 Å². The molecule has 3 heterocycles. The lowest BCUT2D eigenvalue weighted by atomic mass is 10.0. The molecule has 0 aliphatic carbocycles. The van der Waals surface area contributed by atoms with Gasteiger partial charge in [-0.2, -0.15) is 0 Å². The zero-order valence-electron chi connectivity index (χ0n) is 17.6. The molecule has 1 aliphatic rings. The standard InChI is InChI=1S/C23H28N4O3/c1-3-21-24-11-13-26(21)16-22(28)27-12-7-6-9-19(27)23-25-15-18(30-23)14-17-8-4-5-10-20(17)29-2/h4-5,8,10-11,13,15,19H,3,6-7,9,12,14,16H2,1-2H3/t19-/m1/s1. The minimum absolute atomic E-state index is 0.0804. The molecule has 3 aromatic rings. The number of benzene rings is 1. The van der Waals surface area contributed by atoms with Crippen LogP contribution in [0.4, 0.5) is 0 Å². The van der Waals surface area contributed by atoms with Crippen LogP contribution in [0, 0.1) is 0 Å². The number of hydrogen-bond donors (Lipinski definition) is 0. The van der Waals surface area contributed by atoms with Crippen LogP contribution in [0.1, 0.15) is 55.3 Å². The van der Waals surface area contributed by atoms with E-state index in [0.717, 1.165) is 55.1 Å². The first-order chi connectivity index (χ1) is 14.7. The van der Waals surface area contributed by atoms with E-state index < -0.39 is 0 Å². The number of ether oxygens (including phenoxy) is 1. The molecule has 30 heavy (non-hydrogen) atoms. The molecular formula is C23H28N4O3. The van der Waals surface area contributed by atoms with Crippen LogP contribution in [0.3, 0.4) is 0 Å². The van der Waals surface area contributed by atoms with Crippen molar-refractivity contribution in [2.24, 2.45) is 0 Å². The third-order valence-electron chi connectivity index (χ3n) is 5.66. The van der Waals surface area contributed by atoms with Crippen molar-refractivity contribution in [1.82, 2.24) is 19.4 Å². The number of aryl methyl sites for hydroxylation is 1. The summed E-state index contributed by atoms with van der Waals surface area (Å²) >= 11 is 0. The lowest BCUT2D eigenvalue weighted by molar-refractivity contribution is -0.136. The highest BCUT2D eigenvalue weighted by atomic mass is 16.5. The highest BCUT2D eigenvalue weighted by Crippen LogP contribution is 2.32. The highest BCUT2D eigenvalue weighted by molar-refractivity contribution is 5.76. The summed E-state index contributed by atoms with van der Waals surface area (Å²) < 4.78 is 13.5. The Kier molecular flexibility index (Phi) is 6.16. The predicted molar refractivity (Wildman–Crippen MR) is 112 cm³/mol. The minimum atomic E-state index is -0.119. The monoisotopic (exact) mass is 408 g/mol. The maximum atomic E-state index is 13.1. The lowest BCUT2D eigenvalue weighted by Crippen LogP contribution is -2.40. The highest BCUT2D eigenvalue weighted by Gasteiger charge is 2.31. The van der Waals surface area contributed by atoms with Crippen LogP contribution in [0.25, 0.3) is 0 Å². The molecule has 7 heteroatoms. The average Bonchev–Trinajstić information content (AvgIpc) is 3.43. The third-order valence-corrected chi connectivity index (χ3v) is 5.66. The first-order valence-electron chi connectivity index (χ1n) is 10.6. The smallest absolute Gasteiger partial charge is 0.243 e. The average molecular weight is 409 g/mol. The van der Waals surface area contributed by atoms with E-state index in [9.17, 15) is 4.79 Å².